The highest BCUT2D eigenvalue weighted by Crippen LogP contribution is 2.24. The van der Waals surface area contributed by atoms with Gasteiger partial charge in [-0.05, 0) is 49.6 Å². The van der Waals surface area contributed by atoms with Crippen molar-refractivity contribution in [1.29, 1.82) is 0 Å². The second-order valence-electron chi connectivity index (χ2n) is 7.30. The van der Waals surface area contributed by atoms with E-state index in [1.165, 1.54) is 0 Å². The van der Waals surface area contributed by atoms with E-state index < -0.39 is 11.9 Å². The Labute approximate surface area is 185 Å². The van der Waals surface area contributed by atoms with Gasteiger partial charge in [-0.1, -0.05) is 35.4 Å². The first-order chi connectivity index (χ1) is 14.8. The maximum absolute atomic E-state index is 12.4. The molecule has 0 spiro atoms. The SMILES string of the molecule is Cc1ccc2c(c1)C(=O)N(CCCC(=O)OCC(=O)NCCc1ccc(Cl)cc1)C2=O. The Bertz CT molecular complexity index is 1000. The smallest absolute Gasteiger partial charge is 0.306 e. The van der Waals surface area contributed by atoms with Crippen LogP contribution in [0, 0.1) is 6.92 Å². The summed E-state index contributed by atoms with van der Waals surface area (Å²) in [5.74, 6) is -1.65. The van der Waals surface area contributed by atoms with Crippen LogP contribution in [0.25, 0.3) is 0 Å². The van der Waals surface area contributed by atoms with Crippen LogP contribution >= 0.6 is 11.6 Å². The Kier molecular flexibility index (Phi) is 7.41. The number of ether oxygens (including phenoxy) is 1. The van der Waals surface area contributed by atoms with E-state index in [1.54, 1.807) is 30.3 Å². The van der Waals surface area contributed by atoms with Crippen LogP contribution in [0.5, 0.6) is 0 Å². The number of nitrogens with one attached hydrogen (secondary N) is 1. The molecular formula is C23H23ClN2O5. The minimum Gasteiger partial charge on any atom is -0.456 e. The number of rotatable bonds is 9. The summed E-state index contributed by atoms with van der Waals surface area (Å²) in [6.07, 6.45) is 0.905. The first kappa shape index (κ1) is 22.5. The zero-order valence-electron chi connectivity index (χ0n) is 17.2. The lowest BCUT2D eigenvalue weighted by molar-refractivity contribution is -0.148. The maximum atomic E-state index is 12.4. The summed E-state index contributed by atoms with van der Waals surface area (Å²) in [6.45, 7) is 2.02. The molecule has 2 aromatic carbocycles. The summed E-state index contributed by atoms with van der Waals surface area (Å²) in [6, 6.07) is 12.4. The Morgan fingerprint density at radius 2 is 1.74 bits per heavy atom. The van der Waals surface area contributed by atoms with Crippen LogP contribution in [0.2, 0.25) is 5.02 Å². The molecule has 0 fully saturated rings. The van der Waals surface area contributed by atoms with Gasteiger partial charge in [-0.25, -0.2) is 0 Å². The van der Waals surface area contributed by atoms with Crippen molar-refractivity contribution in [3.05, 3.63) is 69.7 Å². The number of esters is 1. The van der Waals surface area contributed by atoms with Crippen molar-refractivity contribution < 1.29 is 23.9 Å². The standard InChI is InChI=1S/C23H23ClN2O5/c1-15-4-9-18-19(13-15)23(30)26(22(18)29)12-2-3-21(28)31-14-20(27)25-11-10-16-5-7-17(24)8-6-16/h4-9,13H,2-3,10-12,14H2,1H3,(H,25,27). The van der Waals surface area contributed by atoms with E-state index in [0.29, 0.717) is 29.1 Å². The highest BCUT2D eigenvalue weighted by Gasteiger charge is 2.35. The highest BCUT2D eigenvalue weighted by molar-refractivity contribution is 6.30. The number of aryl methyl sites for hydroxylation is 1. The van der Waals surface area contributed by atoms with Crippen LogP contribution in [0.3, 0.4) is 0 Å². The van der Waals surface area contributed by atoms with Crippen LogP contribution in [-0.4, -0.2) is 48.3 Å². The third kappa shape index (κ3) is 5.92. The number of carbonyl (C=O) groups is 4. The fourth-order valence-corrected chi connectivity index (χ4v) is 3.38. The molecule has 3 rings (SSSR count). The summed E-state index contributed by atoms with van der Waals surface area (Å²) in [5.41, 5.74) is 2.71. The van der Waals surface area contributed by atoms with E-state index in [4.69, 9.17) is 16.3 Å². The molecular weight excluding hydrogens is 420 g/mol. The third-order valence-corrected chi connectivity index (χ3v) is 5.15. The van der Waals surface area contributed by atoms with Crippen molar-refractivity contribution in [2.45, 2.75) is 26.2 Å². The first-order valence-corrected chi connectivity index (χ1v) is 10.4. The molecule has 0 radical (unpaired) electrons. The predicted molar refractivity (Wildman–Crippen MR) is 115 cm³/mol. The van der Waals surface area contributed by atoms with Crippen LogP contribution in [0.1, 0.15) is 44.7 Å². The van der Waals surface area contributed by atoms with E-state index in [0.717, 1.165) is 16.0 Å². The fraction of sp³-hybridized carbons (Fsp3) is 0.304. The summed E-state index contributed by atoms with van der Waals surface area (Å²) in [4.78, 5) is 49.6. The predicted octanol–water partition coefficient (Wildman–Crippen LogP) is 2.93. The monoisotopic (exact) mass is 442 g/mol. The highest BCUT2D eigenvalue weighted by atomic mass is 35.5. The number of benzene rings is 2. The van der Waals surface area contributed by atoms with Gasteiger partial charge in [0.15, 0.2) is 6.61 Å². The molecule has 31 heavy (non-hydrogen) atoms. The van der Waals surface area contributed by atoms with E-state index in [2.05, 4.69) is 5.32 Å². The molecule has 8 heteroatoms. The van der Waals surface area contributed by atoms with Gasteiger partial charge in [-0.15, -0.1) is 0 Å². The lowest BCUT2D eigenvalue weighted by atomic mass is 10.1. The van der Waals surface area contributed by atoms with Crippen molar-refractivity contribution >= 4 is 35.3 Å². The second-order valence-corrected chi connectivity index (χ2v) is 7.74. The van der Waals surface area contributed by atoms with Gasteiger partial charge in [0.25, 0.3) is 17.7 Å². The molecule has 0 unspecified atom stereocenters. The Morgan fingerprint density at radius 1 is 1.03 bits per heavy atom. The van der Waals surface area contributed by atoms with Crippen molar-refractivity contribution in [3.8, 4) is 0 Å². The first-order valence-electron chi connectivity index (χ1n) is 9.99. The van der Waals surface area contributed by atoms with E-state index in [-0.39, 0.29) is 37.8 Å². The van der Waals surface area contributed by atoms with Gasteiger partial charge in [0.05, 0.1) is 11.1 Å². The van der Waals surface area contributed by atoms with Gasteiger partial charge in [0, 0.05) is 24.5 Å². The average Bonchev–Trinajstić information content (AvgIpc) is 2.98. The minimum atomic E-state index is -0.555. The molecule has 0 atom stereocenters. The van der Waals surface area contributed by atoms with Crippen LogP contribution in [0.4, 0.5) is 0 Å². The number of halogens is 1. The molecule has 3 amide bonds. The van der Waals surface area contributed by atoms with Crippen LogP contribution < -0.4 is 5.32 Å². The summed E-state index contributed by atoms with van der Waals surface area (Å²) in [7, 11) is 0. The number of hydrogen-bond donors (Lipinski definition) is 1. The molecule has 1 aliphatic rings. The Morgan fingerprint density at radius 3 is 2.48 bits per heavy atom. The molecule has 1 aliphatic heterocycles. The number of hydrogen-bond acceptors (Lipinski definition) is 5. The Balaban J connectivity index is 1.33. The second kappa shape index (κ2) is 10.2. The number of imide groups is 1. The summed E-state index contributed by atoms with van der Waals surface area (Å²) < 4.78 is 4.96. The maximum Gasteiger partial charge on any atom is 0.306 e. The molecule has 0 saturated heterocycles. The van der Waals surface area contributed by atoms with Crippen LogP contribution in [-0.2, 0) is 20.7 Å². The van der Waals surface area contributed by atoms with Crippen molar-refractivity contribution in [2.24, 2.45) is 0 Å². The molecule has 0 bridgehead atoms. The Hall–Kier alpha value is -3.19. The van der Waals surface area contributed by atoms with Crippen molar-refractivity contribution in [1.82, 2.24) is 10.2 Å². The topological polar surface area (TPSA) is 92.8 Å². The van der Waals surface area contributed by atoms with E-state index in [1.807, 2.05) is 19.1 Å². The van der Waals surface area contributed by atoms with Gasteiger partial charge >= 0.3 is 5.97 Å². The molecule has 0 saturated carbocycles. The van der Waals surface area contributed by atoms with Gasteiger partial charge in [-0.2, -0.15) is 0 Å². The molecule has 7 nitrogen and oxygen atoms in total. The average molecular weight is 443 g/mol. The summed E-state index contributed by atoms with van der Waals surface area (Å²) >= 11 is 5.83. The summed E-state index contributed by atoms with van der Waals surface area (Å²) in [5, 5.41) is 3.33. The van der Waals surface area contributed by atoms with Crippen molar-refractivity contribution in [2.75, 3.05) is 19.7 Å². The quantitative estimate of drug-likeness (QED) is 0.476. The van der Waals surface area contributed by atoms with E-state index in [9.17, 15) is 19.2 Å². The fourth-order valence-electron chi connectivity index (χ4n) is 3.26. The molecule has 0 aromatic heterocycles. The normalized spacial score (nSPS) is 12.6. The molecule has 1 N–H and O–H groups in total. The van der Waals surface area contributed by atoms with Crippen molar-refractivity contribution in [3.63, 3.8) is 0 Å². The van der Waals surface area contributed by atoms with E-state index >= 15 is 0 Å². The van der Waals surface area contributed by atoms with Gasteiger partial charge in [0.2, 0.25) is 0 Å². The number of nitrogens with zero attached hydrogens (tertiary/aromatic N) is 1. The number of fused-ring (bicyclic) bond motifs is 1. The lowest BCUT2D eigenvalue weighted by Gasteiger charge is -2.13. The molecule has 0 aliphatic carbocycles. The third-order valence-electron chi connectivity index (χ3n) is 4.90. The number of amides is 3. The van der Waals surface area contributed by atoms with Gasteiger partial charge in [-0.3, -0.25) is 24.1 Å². The van der Waals surface area contributed by atoms with Gasteiger partial charge < -0.3 is 10.1 Å². The van der Waals surface area contributed by atoms with Crippen LogP contribution in [0.15, 0.2) is 42.5 Å². The minimum absolute atomic E-state index is 0.00445. The lowest BCUT2D eigenvalue weighted by Crippen LogP contribution is -2.32. The molecule has 1 heterocycles. The zero-order chi connectivity index (χ0) is 22.4. The molecule has 162 valence electrons. The molecule has 2 aromatic rings. The zero-order valence-corrected chi connectivity index (χ0v) is 17.9. The largest absolute Gasteiger partial charge is 0.456 e. The van der Waals surface area contributed by atoms with Gasteiger partial charge in [0.1, 0.15) is 0 Å². The number of carbonyl (C=O) groups excluding carboxylic acids is 4.